The van der Waals surface area contributed by atoms with E-state index in [4.69, 9.17) is 9.47 Å². The molecule has 0 bridgehead atoms. The van der Waals surface area contributed by atoms with E-state index >= 15 is 0 Å². The van der Waals surface area contributed by atoms with Crippen molar-refractivity contribution in [3.63, 3.8) is 0 Å². The van der Waals surface area contributed by atoms with E-state index in [0.29, 0.717) is 5.69 Å². The number of carbonyl (C=O) groups excluding carboxylic acids is 1. The van der Waals surface area contributed by atoms with Gasteiger partial charge in [-0.25, -0.2) is 0 Å². The molecule has 0 N–H and O–H groups in total. The Labute approximate surface area is 105 Å². The topological polar surface area (TPSA) is 48.4 Å². The Morgan fingerprint density at radius 3 is 2.50 bits per heavy atom. The predicted octanol–water partition coefficient (Wildman–Crippen LogP) is 2.80. The average molecular weight is 243 g/mol. The van der Waals surface area contributed by atoms with Crippen LogP contribution in [0.25, 0.3) is 10.8 Å². The van der Waals surface area contributed by atoms with Crippen LogP contribution in [0.1, 0.15) is 24.3 Å². The first-order valence-corrected chi connectivity index (χ1v) is 5.89. The van der Waals surface area contributed by atoms with Gasteiger partial charge in [0.25, 0.3) is 0 Å². The molecule has 1 aromatic carbocycles. The fourth-order valence-electron chi connectivity index (χ4n) is 1.96. The summed E-state index contributed by atoms with van der Waals surface area (Å²) in [5.41, 5.74) is 0.497. The summed E-state index contributed by atoms with van der Waals surface area (Å²) in [6.07, 6.45) is 1.70. The maximum absolute atomic E-state index is 11.9. The molecule has 92 valence electrons. The Hall–Kier alpha value is -2.10. The number of ether oxygens (including phenoxy) is 2. The summed E-state index contributed by atoms with van der Waals surface area (Å²) in [6, 6.07) is 5.57. The Bertz CT molecular complexity index is 634. The lowest BCUT2D eigenvalue weighted by Gasteiger charge is -2.05. The van der Waals surface area contributed by atoms with E-state index in [1.54, 1.807) is 12.3 Å². The van der Waals surface area contributed by atoms with Crippen molar-refractivity contribution in [1.29, 1.82) is 0 Å². The summed E-state index contributed by atoms with van der Waals surface area (Å²) < 4.78 is 10.6. The van der Waals surface area contributed by atoms with Gasteiger partial charge in [-0.2, -0.15) is 0 Å². The van der Waals surface area contributed by atoms with Crippen LogP contribution in [0.3, 0.4) is 0 Å². The van der Waals surface area contributed by atoms with E-state index in [0.717, 1.165) is 22.3 Å². The molecule has 0 saturated heterocycles. The Morgan fingerprint density at radius 2 is 1.83 bits per heavy atom. The van der Waals surface area contributed by atoms with Crippen LogP contribution >= 0.6 is 0 Å². The lowest BCUT2D eigenvalue weighted by molar-refractivity contribution is 0.0934. The standard InChI is InChI=1S/C14H13NO3/c1-8(2)14(16)11-3-9-4-12-13(18-7-17-12)5-10(9)6-15-11/h3-6,8H,7H2,1-2H3. The van der Waals surface area contributed by atoms with Crippen LogP contribution in [0, 0.1) is 5.92 Å². The van der Waals surface area contributed by atoms with Gasteiger partial charge in [0.2, 0.25) is 6.79 Å². The van der Waals surface area contributed by atoms with Crippen molar-refractivity contribution in [3.8, 4) is 11.5 Å². The molecule has 0 atom stereocenters. The molecule has 0 amide bonds. The number of Topliss-reactive ketones (excluding diaryl/α,β-unsaturated/α-hetero) is 1. The van der Waals surface area contributed by atoms with Crippen LogP contribution in [0.4, 0.5) is 0 Å². The summed E-state index contributed by atoms with van der Waals surface area (Å²) in [7, 11) is 0. The maximum Gasteiger partial charge on any atom is 0.231 e. The third-order valence-electron chi connectivity index (χ3n) is 2.99. The van der Waals surface area contributed by atoms with Gasteiger partial charge in [0.15, 0.2) is 17.3 Å². The molecule has 2 heterocycles. The first-order valence-electron chi connectivity index (χ1n) is 5.89. The number of nitrogens with zero attached hydrogens (tertiary/aromatic N) is 1. The number of benzene rings is 1. The van der Waals surface area contributed by atoms with Crippen molar-refractivity contribution >= 4 is 16.6 Å². The molecule has 1 aromatic heterocycles. The van der Waals surface area contributed by atoms with E-state index in [-0.39, 0.29) is 18.5 Å². The van der Waals surface area contributed by atoms with Gasteiger partial charge >= 0.3 is 0 Å². The van der Waals surface area contributed by atoms with Crippen molar-refractivity contribution in [2.24, 2.45) is 5.92 Å². The lowest BCUT2D eigenvalue weighted by Crippen LogP contribution is -2.09. The molecule has 1 aliphatic rings. The van der Waals surface area contributed by atoms with Crippen molar-refractivity contribution in [3.05, 3.63) is 30.1 Å². The molecule has 2 aromatic rings. The Kier molecular flexibility index (Phi) is 2.44. The third-order valence-corrected chi connectivity index (χ3v) is 2.99. The molecule has 4 heteroatoms. The minimum absolute atomic E-state index is 0.0505. The predicted molar refractivity (Wildman–Crippen MR) is 67.0 cm³/mol. The van der Waals surface area contributed by atoms with Gasteiger partial charge in [0, 0.05) is 17.5 Å². The largest absolute Gasteiger partial charge is 0.454 e. The van der Waals surface area contributed by atoms with E-state index in [1.165, 1.54) is 0 Å². The lowest BCUT2D eigenvalue weighted by atomic mass is 10.0. The minimum Gasteiger partial charge on any atom is -0.454 e. The first-order chi connectivity index (χ1) is 8.65. The molecule has 4 nitrogen and oxygen atoms in total. The van der Waals surface area contributed by atoms with Crippen molar-refractivity contribution < 1.29 is 14.3 Å². The SMILES string of the molecule is CC(C)C(=O)c1cc2cc3c(cc2cn1)OCO3. The summed E-state index contributed by atoms with van der Waals surface area (Å²) in [6.45, 7) is 3.98. The zero-order chi connectivity index (χ0) is 12.7. The second kappa shape index (κ2) is 3.98. The molecule has 0 saturated carbocycles. The highest BCUT2D eigenvalue weighted by Gasteiger charge is 2.16. The molecule has 0 aliphatic carbocycles. The summed E-state index contributed by atoms with van der Waals surface area (Å²) >= 11 is 0. The molecule has 18 heavy (non-hydrogen) atoms. The number of hydrogen-bond donors (Lipinski definition) is 0. The molecule has 0 fully saturated rings. The summed E-state index contributed by atoms with van der Waals surface area (Å²) in [4.78, 5) is 16.1. The van der Waals surface area contributed by atoms with Crippen molar-refractivity contribution in [2.45, 2.75) is 13.8 Å². The monoisotopic (exact) mass is 243 g/mol. The number of fused-ring (bicyclic) bond motifs is 2. The minimum atomic E-state index is -0.0519. The third kappa shape index (κ3) is 1.70. The van der Waals surface area contributed by atoms with Crippen LogP contribution in [0.2, 0.25) is 0 Å². The molecular formula is C14H13NO3. The highest BCUT2D eigenvalue weighted by Crippen LogP contribution is 2.35. The molecule has 0 unspecified atom stereocenters. The van der Waals surface area contributed by atoms with Gasteiger partial charge in [-0.05, 0) is 23.6 Å². The van der Waals surface area contributed by atoms with E-state index in [9.17, 15) is 4.79 Å². The number of carbonyl (C=O) groups is 1. The molecular weight excluding hydrogens is 230 g/mol. The smallest absolute Gasteiger partial charge is 0.231 e. The van der Waals surface area contributed by atoms with Gasteiger partial charge in [0.1, 0.15) is 5.69 Å². The van der Waals surface area contributed by atoms with Gasteiger partial charge in [0.05, 0.1) is 0 Å². The van der Waals surface area contributed by atoms with E-state index in [1.807, 2.05) is 26.0 Å². The van der Waals surface area contributed by atoms with Gasteiger partial charge in [-0.1, -0.05) is 13.8 Å². The zero-order valence-corrected chi connectivity index (χ0v) is 10.3. The quantitative estimate of drug-likeness (QED) is 0.761. The van der Waals surface area contributed by atoms with E-state index in [2.05, 4.69) is 4.98 Å². The van der Waals surface area contributed by atoms with Gasteiger partial charge < -0.3 is 9.47 Å². The highest BCUT2D eigenvalue weighted by atomic mass is 16.7. The highest BCUT2D eigenvalue weighted by molar-refractivity contribution is 5.99. The van der Waals surface area contributed by atoms with Gasteiger partial charge in [-0.15, -0.1) is 0 Å². The summed E-state index contributed by atoms with van der Waals surface area (Å²) in [5, 5.41) is 1.89. The molecule has 0 radical (unpaired) electrons. The number of pyridine rings is 1. The second-order valence-corrected chi connectivity index (χ2v) is 4.64. The summed E-state index contributed by atoms with van der Waals surface area (Å²) in [5.74, 6) is 1.45. The number of rotatable bonds is 2. The molecule has 0 spiro atoms. The van der Waals surface area contributed by atoms with Gasteiger partial charge in [-0.3, -0.25) is 9.78 Å². The normalized spacial score (nSPS) is 13.3. The maximum atomic E-state index is 11.9. The van der Waals surface area contributed by atoms with Crippen LogP contribution in [0.15, 0.2) is 24.4 Å². The fraction of sp³-hybridized carbons (Fsp3) is 0.286. The molecule has 3 rings (SSSR count). The van der Waals surface area contributed by atoms with Crippen molar-refractivity contribution in [1.82, 2.24) is 4.98 Å². The number of aromatic nitrogens is 1. The number of hydrogen-bond acceptors (Lipinski definition) is 4. The Morgan fingerprint density at radius 1 is 1.17 bits per heavy atom. The van der Waals surface area contributed by atoms with Crippen LogP contribution in [-0.2, 0) is 0 Å². The number of ketones is 1. The van der Waals surface area contributed by atoms with Crippen molar-refractivity contribution in [2.75, 3.05) is 6.79 Å². The van der Waals surface area contributed by atoms with Crippen LogP contribution < -0.4 is 9.47 Å². The van der Waals surface area contributed by atoms with E-state index < -0.39 is 0 Å². The Balaban J connectivity index is 2.12. The zero-order valence-electron chi connectivity index (χ0n) is 10.3. The molecule has 1 aliphatic heterocycles. The fourth-order valence-corrected chi connectivity index (χ4v) is 1.96. The van der Waals surface area contributed by atoms with Crippen LogP contribution in [0.5, 0.6) is 11.5 Å². The van der Waals surface area contributed by atoms with Crippen LogP contribution in [-0.4, -0.2) is 17.6 Å². The second-order valence-electron chi connectivity index (χ2n) is 4.64. The first kappa shape index (κ1) is 11.0. The average Bonchev–Trinajstić information content (AvgIpc) is 2.81.